The van der Waals surface area contributed by atoms with Crippen LogP contribution in [0, 0.1) is 0 Å². The second kappa shape index (κ2) is 16.8. The molecule has 0 nitrogen and oxygen atoms in total. The maximum absolute atomic E-state index is 2.30. The molecule has 0 unspecified atom stereocenters. The van der Waals surface area contributed by atoms with E-state index in [-0.39, 0.29) is 0 Å². The molecule has 30 heavy (non-hydrogen) atoms. The van der Waals surface area contributed by atoms with Crippen molar-refractivity contribution in [3.63, 3.8) is 0 Å². The molecule has 0 saturated carbocycles. The standard InChI is InChI=1S/C28H42S2/c1-3-5-7-9-17-23-27(29-25-19-13-11-14-20-25)28(24-18-10-8-6-4-2)30-26-21-15-12-16-22-26/h11-16,19-22,27-28H,3-10,17-18,23-24H2,1-2H3/t27-,28-/m1/s1. The molecule has 166 valence electrons. The van der Waals surface area contributed by atoms with Gasteiger partial charge in [0.15, 0.2) is 0 Å². The predicted molar refractivity (Wildman–Crippen MR) is 139 cm³/mol. The van der Waals surface area contributed by atoms with Gasteiger partial charge in [-0.15, -0.1) is 23.5 Å². The van der Waals surface area contributed by atoms with Crippen molar-refractivity contribution in [2.24, 2.45) is 0 Å². The van der Waals surface area contributed by atoms with Crippen LogP contribution in [0.4, 0.5) is 0 Å². The molecule has 2 aromatic carbocycles. The normalized spacial score (nSPS) is 13.3. The predicted octanol–water partition coefficient (Wildman–Crippen LogP) is 10.0. The van der Waals surface area contributed by atoms with Crippen LogP contribution in [0.3, 0.4) is 0 Å². The number of unbranched alkanes of at least 4 members (excludes halogenated alkanes) is 8. The van der Waals surface area contributed by atoms with Crippen molar-refractivity contribution in [3.8, 4) is 0 Å². The lowest BCUT2D eigenvalue weighted by molar-refractivity contribution is 0.553. The molecule has 0 radical (unpaired) electrons. The zero-order valence-corrected chi connectivity index (χ0v) is 20.9. The van der Waals surface area contributed by atoms with Crippen LogP contribution in [-0.4, -0.2) is 10.5 Å². The van der Waals surface area contributed by atoms with Gasteiger partial charge >= 0.3 is 0 Å². The summed E-state index contributed by atoms with van der Waals surface area (Å²) in [5.74, 6) is 0. The maximum atomic E-state index is 2.30. The highest BCUT2D eigenvalue weighted by molar-refractivity contribution is 8.03. The first-order chi connectivity index (χ1) is 14.8. The average molecular weight is 443 g/mol. The molecule has 0 aliphatic carbocycles. The molecule has 0 aliphatic rings. The molecule has 0 saturated heterocycles. The molecule has 0 aliphatic heterocycles. The number of hydrogen-bond donors (Lipinski definition) is 0. The van der Waals surface area contributed by atoms with Crippen molar-refractivity contribution in [2.45, 2.75) is 111 Å². The summed E-state index contributed by atoms with van der Waals surface area (Å²) < 4.78 is 0. The van der Waals surface area contributed by atoms with E-state index in [4.69, 9.17) is 0 Å². The molecule has 2 heteroatoms. The van der Waals surface area contributed by atoms with Crippen molar-refractivity contribution in [1.29, 1.82) is 0 Å². The Bertz CT molecular complexity index is 568. The number of benzene rings is 2. The van der Waals surface area contributed by atoms with Crippen molar-refractivity contribution < 1.29 is 0 Å². The van der Waals surface area contributed by atoms with E-state index < -0.39 is 0 Å². The Morgan fingerprint density at radius 2 is 0.867 bits per heavy atom. The molecule has 0 heterocycles. The lowest BCUT2D eigenvalue weighted by Gasteiger charge is -2.27. The van der Waals surface area contributed by atoms with Gasteiger partial charge in [0.05, 0.1) is 0 Å². The zero-order valence-electron chi connectivity index (χ0n) is 19.2. The van der Waals surface area contributed by atoms with Gasteiger partial charge in [-0.05, 0) is 37.1 Å². The second-order valence-corrected chi connectivity index (χ2v) is 11.0. The third kappa shape index (κ3) is 11.0. The van der Waals surface area contributed by atoms with E-state index in [1.54, 1.807) is 0 Å². The van der Waals surface area contributed by atoms with Gasteiger partial charge in [0.2, 0.25) is 0 Å². The van der Waals surface area contributed by atoms with Crippen LogP contribution < -0.4 is 0 Å². The first kappa shape index (κ1) is 25.4. The summed E-state index contributed by atoms with van der Waals surface area (Å²) in [5, 5.41) is 1.37. The van der Waals surface area contributed by atoms with Gasteiger partial charge in [-0.2, -0.15) is 0 Å². The summed E-state index contributed by atoms with van der Waals surface area (Å²) in [5.41, 5.74) is 0. The summed E-state index contributed by atoms with van der Waals surface area (Å²) in [6.45, 7) is 4.61. The molecule has 0 N–H and O–H groups in total. The Hall–Kier alpha value is -0.860. The van der Waals surface area contributed by atoms with E-state index in [9.17, 15) is 0 Å². The van der Waals surface area contributed by atoms with Gasteiger partial charge in [-0.1, -0.05) is 114 Å². The fourth-order valence-corrected chi connectivity index (χ4v) is 6.69. The van der Waals surface area contributed by atoms with E-state index in [0.29, 0.717) is 10.5 Å². The molecular formula is C28H42S2. The quantitative estimate of drug-likeness (QED) is 0.176. The summed E-state index contributed by atoms with van der Waals surface area (Å²) >= 11 is 4.25. The minimum Gasteiger partial charge on any atom is -0.122 e. The van der Waals surface area contributed by atoms with Gasteiger partial charge < -0.3 is 0 Å². The Morgan fingerprint density at radius 3 is 1.23 bits per heavy atom. The summed E-state index contributed by atoms with van der Waals surface area (Å²) in [6.07, 6.45) is 16.4. The molecule has 0 spiro atoms. The number of rotatable bonds is 17. The van der Waals surface area contributed by atoms with Gasteiger partial charge in [0, 0.05) is 20.3 Å². The zero-order chi connectivity index (χ0) is 21.3. The first-order valence-corrected chi connectivity index (χ1v) is 14.0. The van der Waals surface area contributed by atoms with Crippen LogP contribution in [0.5, 0.6) is 0 Å². The van der Waals surface area contributed by atoms with Gasteiger partial charge in [-0.3, -0.25) is 0 Å². The Morgan fingerprint density at radius 1 is 0.500 bits per heavy atom. The third-order valence-corrected chi connectivity index (χ3v) is 8.66. The van der Waals surface area contributed by atoms with Gasteiger partial charge in [0.1, 0.15) is 0 Å². The SMILES string of the molecule is CCCCCCC[C@@H](Sc1ccccc1)[C@@H](CCCCCCC)Sc1ccccc1. The average Bonchev–Trinajstić information content (AvgIpc) is 2.78. The van der Waals surface area contributed by atoms with Crippen molar-refractivity contribution in [2.75, 3.05) is 0 Å². The lowest BCUT2D eigenvalue weighted by Crippen LogP contribution is -2.20. The third-order valence-electron chi connectivity index (χ3n) is 5.66. The Balaban J connectivity index is 2.04. The van der Waals surface area contributed by atoms with E-state index in [1.807, 2.05) is 0 Å². The monoisotopic (exact) mass is 442 g/mol. The van der Waals surface area contributed by atoms with Crippen LogP contribution in [0.1, 0.15) is 90.9 Å². The van der Waals surface area contributed by atoms with Gasteiger partial charge in [0.25, 0.3) is 0 Å². The second-order valence-electron chi connectivity index (χ2n) is 8.34. The fraction of sp³-hybridized carbons (Fsp3) is 0.571. The Kier molecular flexibility index (Phi) is 14.2. The minimum absolute atomic E-state index is 0.686. The Labute approximate surface area is 195 Å². The molecular weight excluding hydrogens is 400 g/mol. The molecule has 0 amide bonds. The molecule has 0 bridgehead atoms. The maximum Gasteiger partial charge on any atom is 0.0217 e. The molecule has 2 aromatic rings. The van der Waals surface area contributed by atoms with E-state index in [1.165, 1.54) is 86.8 Å². The molecule has 0 fully saturated rings. The van der Waals surface area contributed by atoms with Gasteiger partial charge in [-0.25, -0.2) is 0 Å². The molecule has 2 rings (SSSR count). The number of hydrogen-bond acceptors (Lipinski definition) is 2. The highest BCUT2D eigenvalue weighted by Gasteiger charge is 2.23. The van der Waals surface area contributed by atoms with Crippen LogP contribution >= 0.6 is 23.5 Å². The fourth-order valence-electron chi connectivity index (χ4n) is 3.89. The highest BCUT2D eigenvalue weighted by Crippen LogP contribution is 2.39. The summed E-state index contributed by atoms with van der Waals surface area (Å²) in [6, 6.07) is 22.2. The van der Waals surface area contributed by atoms with Crippen molar-refractivity contribution >= 4 is 23.5 Å². The van der Waals surface area contributed by atoms with Crippen LogP contribution in [0.2, 0.25) is 0 Å². The molecule has 2 atom stereocenters. The van der Waals surface area contributed by atoms with Crippen molar-refractivity contribution in [1.82, 2.24) is 0 Å². The van der Waals surface area contributed by atoms with E-state index >= 15 is 0 Å². The summed E-state index contributed by atoms with van der Waals surface area (Å²) in [7, 11) is 0. The van der Waals surface area contributed by atoms with Crippen molar-refractivity contribution in [3.05, 3.63) is 60.7 Å². The summed E-state index contributed by atoms with van der Waals surface area (Å²) in [4.78, 5) is 2.86. The van der Waals surface area contributed by atoms with Crippen LogP contribution in [0.25, 0.3) is 0 Å². The number of thioether (sulfide) groups is 2. The first-order valence-electron chi connectivity index (χ1n) is 12.3. The molecule has 0 aromatic heterocycles. The van der Waals surface area contributed by atoms with Crippen LogP contribution in [-0.2, 0) is 0 Å². The smallest absolute Gasteiger partial charge is 0.0217 e. The largest absolute Gasteiger partial charge is 0.122 e. The van der Waals surface area contributed by atoms with Crippen LogP contribution in [0.15, 0.2) is 70.5 Å². The van der Waals surface area contributed by atoms with E-state index in [2.05, 4.69) is 98.0 Å². The highest BCUT2D eigenvalue weighted by atomic mass is 32.2. The van der Waals surface area contributed by atoms with E-state index in [0.717, 1.165) is 0 Å². The lowest BCUT2D eigenvalue weighted by atomic mass is 10.0. The minimum atomic E-state index is 0.686. The topological polar surface area (TPSA) is 0 Å².